The van der Waals surface area contributed by atoms with Crippen LogP contribution in [-0.2, 0) is 6.42 Å². The predicted octanol–water partition coefficient (Wildman–Crippen LogP) is 2.36. The van der Waals surface area contributed by atoms with Crippen LogP contribution >= 0.6 is 0 Å². The standard InChI is InChI=1S/C12H12N2O3/c13-8-7-9-5-6-12(17-9)10-3-1-2-4-11(10)14(15)16/h1-6H,7-8,13H2. The summed E-state index contributed by atoms with van der Waals surface area (Å²) >= 11 is 0. The van der Waals surface area contributed by atoms with Crippen molar-refractivity contribution in [2.24, 2.45) is 5.73 Å². The van der Waals surface area contributed by atoms with Crippen molar-refractivity contribution in [1.29, 1.82) is 0 Å². The summed E-state index contributed by atoms with van der Waals surface area (Å²) in [4.78, 5) is 10.5. The first-order valence-electron chi connectivity index (χ1n) is 5.25. The molecular formula is C12H12N2O3. The zero-order valence-electron chi connectivity index (χ0n) is 9.13. The van der Waals surface area contributed by atoms with Crippen LogP contribution in [0.4, 0.5) is 5.69 Å². The molecule has 0 aliphatic carbocycles. The lowest BCUT2D eigenvalue weighted by molar-refractivity contribution is -0.384. The van der Waals surface area contributed by atoms with Crippen LogP contribution in [0.3, 0.4) is 0 Å². The quantitative estimate of drug-likeness (QED) is 0.648. The molecule has 0 amide bonds. The first-order valence-corrected chi connectivity index (χ1v) is 5.25. The summed E-state index contributed by atoms with van der Waals surface area (Å²) in [5.74, 6) is 1.24. The highest BCUT2D eigenvalue weighted by Gasteiger charge is 2.16. The molecule has 0 aliphatic rings. The van der Waals surface area contributed by atoms with Gasteiger partial charge in [0.15, 0.2) is 0 Å². The van der Waals surface area contributed by atoms with Crippen LogP contribution in [-0.4, -0.2) is 11.5 Å². The van der Waals surface area contributed by atoms with E-state index in [4.69, 9.17) is 10.2 Å². The fourth-order valence-corrected chi connectivity index (χ4v) is 1.64. The number of nitro groups is 1. The Morgan fingerprint density at radius 3 is 2.71 bits per heavy atom. The van der Waals surface area contributed by atoms with Crippen molar-refractivity contribution in [3.63, 3.8) is 0 Å². The number of rotatable bonds is 4. The number of hydrogen-bond acceptors (Lipinski definition) is 4. The Morgan fingerprint density at radius 1 is 1.24 bits per heavy atom. The molecule has 0 radical (unpaired) electrons. The molecule has 5 nitrogen and oxygen atoms in total. The first kappa shape index (κ1) is 11.3. The number of para-hydroxylation sites is 1. The zero-order chi connectivity index (χ0) is 12.3. The molecule has 1 aromatic heterocycles. The minimum absolute atomic E-state index is 0.0427. The molecule has 5 heteroatoms. The van der Waals surface area contributed by atoms with Crippen molar-refractivity contribution in [3.8, 4) is 11.3 Å². The summed E-state index contributed by atoms with van der Waals surface area (Å²) in [6.07, 6.45) is 0.626. The van der Waals surface area contributed by atoms with E-state index in [1.54, 1.807) is 30.3 Å². The maximum atomic E-state index is 10.9. The molecule has 88 valence electrons. The highest BCUT2D eigenvalue weighted by molar-refractivity contribution is 5.69. The molecule has 2 aromatic rings. The Labute approximate surface area is 98.0 Å². The fraction of sp³-hybridized carbons (Fsp3) is 0.167. The zero-order valence-corrected chi connectivity index (χ0v) is 9.13. The second kappa shape index (κ2) is 4.80. The van der Waals surface area contributed by atoms with Gasteiger partial charge in [-0.25, -0.2) is 0 Å². The van der Waals surface area contributed by atoms with Gasteiger partial charge >= 0.3 is 0 Å². The van der Waals surface area contributed by atoms with Gasteiger partial charge in [0.05, 0.1) is 10.5 Å². The topological polar surface area (TPSA) is 82.3 Å². The summed E-state index contributed by atoms with van der Waals surface area (Å²) in [7, 11) is 0. The second-order valence-corrected chi connectivity index (χ2v) is 3.58. The predicted molar refractivity (Wildman–Crippen MR) is 63.6 cm³/mol. The minimum Gasteiger partial charge on any atom is -0.461 e. The van der Waals surface area contributed by atoms with E-state index in [1.807, 2.05) is 0 Å². The van der Waals surface area contributed by atoms with Gasteiger partial charge in [-0.2, -0.15) is 0 Å². The molecule has 17 heavy (non-hydrogen) atoms. The largest absolute Gasteiger partial charge is 0.461 e. The summed E-state index contributed by atoms with van der Waals surface area (Å²) in [6.45, 7) is 0.490. The molecule has 0 saturated heterocycles. The van der Waals surface area contributed by atoms with Crippen molar-refractivity contribution < 1.29 is 9.34 Å². The van der Waals surface area contributed by atoms with Gasteiger partial charge in [0.2, 0.25) is 0 Å². The summed E-state index contributed by atoms with van der Waals surface area (Å²) < 4.78 is 5.52. The number of furan rings is 1. The average Bonchev–Trinajstić information content (AvgIpc) is 2.78. The van der Waals surface area contributed by atoms with Crippen LogP contribution in [0.25, 0.3) is 11.3 Å². The van der Waals surface area contributed by atoms with Crippen molar-refractivity contribution in [1.82, 2.24) is 0 Å². The molecule has 1 heterocycles. The van der Waals surface area contributed by atoms with Crippen LogP contribution in [0.15, 0.2) is 40.8 Å². The fourth-order valence-electron chi connectivity index (χ4n) is 1.64. The van der Waals surface area contributed by atoms with Gasteiger partial charge in [-0.05, 0) is 24.7 Å². The van der Waals surface area contributed by atoms with Gasteiger partial charge in [0.25, 0.3) is 5.69 Å². The Morgan fingerprint density at radius 2 is 2.00 bits per heavy atom. The lowest BCUT2D eigenvalue weighted by atomic mass is 10.1. The summed E-state index contributed by atoms with van der Waals surface area (Å²) in [5, 5.41) is 10.9. The van der Waals surface area contributed by atoms with E-state index in [0.717, 1.165) is 5.76 Å². The molecule has 0 saturated carbocycles. The van der Waals surface area contributed by atoms with Crippen LogP contribution in [0.1, 0.15) is 5.76 Å². The smallest absolute Gasteiger partial charge is 0.280 e. The molecule has 2 N–H and O–H groups in total. The molecule has 1 aromatic carbocycles. The van der Waals surface area contributed by atoms with Gasteiger partial charge in [-0.1, -0.05) is 12.1 Å². The maximum Gasteiger partial charge on any atom is 0.280 e. The van der Waals surface area contributed by atoms with Crippen LogP contribution in [0.5, 0.6) is 0 Å². The monoisotopic (exact) mass is 232 g/mol. The van der Waals surface area contributed by atoms with Gasteiger partial charge < -0.3 is 10.2 Å². The molecule has 0 unspecified atom stereocenters. The van der Waals surface area contributed by atoms with Crippen molar-refractivity contribution >= 4 is 5.69 Å². The second-order valence-electron chi connectivity index (χ2n) is 3.58. The number of hydrogen-bond donors (Lipinski definition) is 1. The van der Waals surface area contributed by atoms with Crippen LogP contribution < -0.4 is 5.73 Å². The number of nitro benzene ring substituents is 1. The highest BCUT2D eigenvalue weighted by Crippen LogP contribution is 2.30. The molecule has 2 rings (SSSR count). The van der Waals surface area contributed by atoms with Crippen molar-refractivity contribution in [2.45, 2.75) is 6.42 Å². The van der Waals surface area contributed by atoms with E-state index in [2.05, 4.69) is 0 Å². The van der Waals surface area contributed by atoms with E-state index < -0.39 is 4.92 Å². The highest BCUT2D eigenvalue weighted by atomic mass is 16.6. The van der Waals surface area contributed by atoms with E-state index in [9.17, 15) is 10.1 Å². The van der Waals surface area contributed by atoms with Gasteiger partial charge in [0.1, 0.15) is 11.5 Å². The van der Waals surface area contributed by atoms with Gasteiger partial charge in [0, 0.05) is 12.5 Å². The molecule has 0 spiro atoms. The molecule has 0 atom stereocenters. The molecule has 0 bridgehead atoms. The average molecular weight is 232 g/mol. The third-order valence-corrected chi connectivity index (χ3v) is 2.42. The van der Waals surface area contributed by atoms with E-state index in [-0.39, 0.29) is 5.69 Å². The van der Waals surface area contributed by atoms with Crippen LogP contribution in [0, 0.1) is 10.1 Å². The van der Waals surface area contributed by atoms with Gasteiger partial charge in [-0.15, -0.1) is 0 Å². The lowest BCUT2D eigenvalue weighted by Crippen LogP contribution is -2.01. The summed E-state index contributed by atoms with van der Waals surface area (Å²) in [5.41, 5.74) is 5.95. The lowest BCUT2D eigenvalue weighted by Gasteiger charge is -1.99. The van der Waals surface area contributed by atoms with E-state index in [1.165, 1.54) is 6.07 Å². The molecular weight excluding hydrogens is 220 g/mol. The third kappa shape index (κ3) is 2.34. The third-order valence-electron chi connectivity index (χ3n) is 2.42. The Hall–Kier alpha value is -2.14. The molecule has 0 fully saturated rings. The Balaban J connectivity index is 2.41. The van der Waals surface area contributed by atoms with Crippen molar-refractivity contribution in [3.05, 3.63) is 52.3 Å². The Bertz CT molecular complexity index is 534. The van der Waals surface area contributed by atoms with Crippen molar-refractivity contribution in [2.75, 3.05) is 6.54 Å². The number of nitrogens with two attached hydrogens (primary N) is 1. The SMILES string of the molecule is NCCc1ccc(-c2ccccc2[N+](=O)[O-])o1. The minimum atomic E-state index is -0.416. The Kier molecular flexibility index (Phi) is 3.20. The number of nitrogens with zero attached hydrogens (tertiary/aromatic N) is 1. The summed E-state index contributed by atoms with van der Waals surface area (Å²) in [6, 6.07) is 10.0. The van der Waals surface area contributed by atoms with E-state index in [0.29, 0.717) is 24.3 Å². The maximum absolute atomic E-state index is 10.9. The van der Waals surface area contributed by atoms with E-state index >= 15 is 0 Å². The van der Waals surface area contributed by atoms with Crippen LogP contribution in [0.2, 0.25) is 0 Å². The normalized spacial score (nSPS) is 10.4. The number of benzene rings is 1. The van der Waals surface area contributed by atoms with Gasteiger partial charge in [-0.3, -0.25) is 10.1 Å². The first-order chi connectivity index (χ1) is 8.22. The molecule has 0 aliphatic heterocycles.